The predicted molar refractivity (Wildman–Crippen MR) is 129 cm³/mol. The number of furan rings is 1. The summed E-state index contributed by atoms with van der Waals surface area (Å²) >= 11 is 0. The van der Waals surface area contributed by atoms with Crippen molar-refractivity contribution in [2.75, 3.05) is 39.4 Å². The Balaban J connectivity index is 1.31. The normalized spacial score (nSPS) is 18.4. The van der Waals surface area contributed by atoms with Gasteiger partial charge in [-0.25, -0.2) is 8.42 Å². The summed E-state index contributed by atoms with van der Waals surface area (Å²) in [6.45, 7) is 4.70. The van der Waals surface area contributed by atoms with Gasteiger partial charge in [0.2, 0.25) is 10.0 Å². The third kappa shape index (κ3) is 4.50. The van der Waals surface area contributed by atoms with E-state index in [-0.39, 0.29) is 10.8 Å². The van der Waals surface area contributed by atoms with Gasteiger partial charge in [0.25, 0.3) is 5.91 Å². The smallest absolute Gasteiger partial charge is 0.289 e. The first-order valence-electron chi connectivity index (χ1n) is 11.9. The molecule has 0 spiro atoms. The molecular weight excluding hydrogens is 452 g/mol. The van der Waals surface area contributed by atoms with Gasteiger partial charge < -0.3 is 14.1 Å². The lowest BCUT2D eigenvalue weighted by Gasteiger charge is -2.31. The van der Waals surface area contributed by atoms with Gasteiger partial charge in [-0.05, 0) is 55.9 Å². The van der Waals surface area contributed by atoms with Crippen LogP contribution in [-0.2, 0) is 21.2 Å². The third-order valence-electron chi connectivity index (χ3n) is 6.98. The fourth-order valence-corrected chi connectivity index (χ4v) is 6.37. The first-order chi connectivity index (χ1) is 16.4. The average molecular weight is 483 g/mol. The molecule has 0 atom stereocenters. The lowest BCUT2D eigenvalue weighted by atomic mass is 9.90. The van der Waals surface area contributed by atoms with E-state index in [0.29, 0.717) is 67.6 Å². The molecule has 0 bridgehead atoms. The molecular formula is C26H30N2O5S. The fraction of sp³-hybridized carbons (Fsp3) is 0.423. The molecule has 1 aromatic heterocycles. The number of rotatable bonds is 5. The number of amides is 1. The topological polar surface area (TPSA) is 80.1 Å². The maximum absolute atomic E-state index is 13.3. The zero-order valence-corrected chi connectivity index (χ0v) is 20.2. The number of benzene rings is 2. The van der Waals surface area contributed by atoms with Crippen LogP contribution in [0, 0.1) is 12.8 Å². The molecule has 180 valence electrons. The van der Waals surface area contributed by atoms with E-state index in [9.17, 15) is 13.2 Å². The molecule has 3 aromatic rings. The van der Waals surface area contributed by atoms with Gasteiger partial charge in [0.1, 0.15) is 5.58 Å². The maximum atomic E-state index is 13.3. The van der Waals surface area contributed by atoms with Crippen molar-refractivity contribution in [1.29, 1.82) is 0 Å². The van der Waals surface area contributed by atoms with Gasteiger partial charge in [0, 0.05) is 37.1 Å². The zero-order chi connectivity index (χ0) is 23.7. The highest BCUT2D eigenvalue weighted by atomic mass is 32.2. The first kappa shape index (κ1) is 23.1. The number of piperidine rings is 1. The predicted octanol–water partition coefficient (Wildman–Crippen LogP) is 3.86. The maximum Gasteiger partial charge on any atom is 0.289 e. The van der Waals surface area contributed by atoms with Crippen LogP contribution in [-0.4, -0.2) is 62.9 Å². The molecule has 34 heavy (non-hydrogen) atoms. The summed E-state index contributed by atoms with van der Waals surface area (Å²) in [7, 11) is -3.62. The molecule has 0 aliphatic carbocycles. The average Bonchev–Trinajstić information content (AvgIpc) is 3.21. The van der Waals surface area contributed by atoms with Crippen LogP contribution in [0.5, 0.6) is 0 Å². The Morgan fingerprint density at radius 3 is 2.41 bits per heavy atom. The molecule has 2 fully saturated rings. The monoisotopic (exact) mass is 482 g/mol. The lowest BCUT2D eigenvalue weighted by molar-refractivity contribution is 0.0660. The molecule has 0 saturated carbocycles. The molecule has 8 heteroatoms. The van der Waals surface area contributed by atoms with Gasteiger partial charge in [-0.3, -0.25) is 4.79 Å². The van der Waals surface area contributed by atoms with Crippen molar-refractivity contribution in [3.05, 3.63) is 65.4 Å². The molecule has 7 nitrogen and oxygen atoms in total. The van der Waals surface area contributed by atoms with Crippen LogP contribution in [0.2, 0.25) is 0 Å². The number of sulfonamides is 1. The van der Waals surface area contributed by atoms with Gasteiger partial charge in [-0.2, -0.15) is 4.31 Å². The molecule has 2 aliphatic heterocycles. The Morgan fingerprint density at radius 1 is 1.00 bits per heavy atom. The Bertz CT molecular complexity index is 1270. The summed E-state index contributed by atoms with van der Waals surface area (Å²) in [6, 6.07) is 15.3. The van der Waals surface area contributed by atoms with Crippen LogP contribution in [0.4, 0.5) is 0 Å². The number of fused-ring (bicyclic) bond motifs is 1. The second kappa shape index (κ2) is 9.52. The molecule has 2 saturated heterocycles. The van der Waals surface area contributed by atoms with Gasteiger partial charge in [-0.1, -0.05) is 30.3 Å². The number of hydrogen-bond acceptors (Lipinski definition) is 5. The van der Waals surface area contributed by atoms with E-state index in [1.165, 1.54) is 9.87 Å². The number of ether oxygens (including phenoxy) is 1. The molecule has 0 N–H and O–H groups in total. The van der Waals surface area contributed by atoms with E-state index in [1.54, 1.807) is 18.2 Å². The highest BCUT2D eigenvalue weighted by molar-refractivity contribution is 7.89. The van der Waals surface area contributed by atoms with Crippen molar-refractivity contribution in [2.24, 2.45) is 5.92 Å². The Morgan fingerprint density at radius 2 is 1.71 bits per heavy atom. The van der Waals surface area contributed by atoms with E-state index in [4.69, 9.17) is 9.15 Å². The van der Waals surface area contributed by atoms with Crippen molar-refractivity contribution in [2.45, 2.75) is 31.1 Å². The number of aryl methyl sites for hydroxylation is 1. The summed E-state index contributed by atoms with van der Waals surface area (Å²) in [5, 5.41) is 0.664. The SMILES string of the molecule is Cc1c(C(=O)N2CCC(Cc3ccccc3)CC2)oc2ccc(S(=O)(=O)N3CCOCC3)cc12. The van der Waals surface area contributed by atoms with Crippen LogP contribution in [0.1, 0.15) is 34.5 Å². The molecule has 0 unspecified atom stereocenters. The standard InChI is InChI=1S/C26H30N2O5S/c1-19-23-18-22(34(30,31)28-13-15-32-16-14-28)7-8-24(23)33-25(19)26(29)27-11-9-21(10-12-27)17-20-5-3-2-4-6-20/h2-8,18,21H,9-17H2,1H3. The summed E-state index contributed by atoms with van der Waals surface area (Å²) in [5.74, 6) is 0.748. The number of likely N-dealkylation sites (tertiary alicyclic amines) is 1. The molecule has 2 aliphatic rings. The summed E-state index contributed by atoms with van der Waals surface area (Å²) in [4.78, 5) is 15.3. The Kier molecular flexibility index (Phi) is 6.46. The number of carbonyl (C=O) groups is 1. The molecule has 0 radical (unpaired) electrons. The van der Waals surface area contributed by atoms with E-state index in [1.807, 2.05) is 17.9 Å². The Hall–Kier alpha value is -2.68. The third-order valence-corrected chi connectivity index (χ3v) is 8.87. The second-order valence-corrected chi connectivity index (χ2v) is 11.1. The minimum Gasteiger partial charge on any atom is -0.451 e. The van der Waals surface area contributed by atoms with Crippen molar-refractivity contribution < 1.29 is 22.4 Å². The lowest BCUT2D eigenvalue weighted by Crippen LogP contribution is -2.40. The largest absolute Gasteiger partial charge is 0.451 e. The van der Waals surface area contributed by atoms with Crippen LogP contribution < -0.4 is 0 Å². The minimum atomic E-state index is -3.62. The van der Waals surface area contributed by atoms with Crippen LogP contribution in [0.15, 0.2) is 57.8 Å². The molecule has 2 aromatic carbocycles. The fourth-order valence-electron chi connectivity index (χ4n) is 4.93. The van der Waals surface area contributed by atoms with E-state index in [2.05, 4.69) is 24.3 Å². The van der Waals surface area contributed by atoms with Crippen molar-refractivity contribution in [3.63, 3.8) is 0 Å². The van der Waals surface area contributed by atoms with Gasteiger partial charge in [0.15, 0.2) is 5.76 Å². The van der Waals surface area contributed by atoms with Gasteiger partial charge in [-0.15, -0.1) is 0 Å². The van der Waals surface area contributed by atoms with Crippen LogP contribution in [0.3, 0.4) is 0 Å². The number of morpholine rings is 1. The molecule has 1 amide bonds. The molecule has 5 rings (SSSR count). The number of nitrogens with zero attached hydrogens (tertiary/aromatic N) is 2. The summed E-state index contributed by atoms with van der Waals surface area (Å²) in [6.07, 6.45) is 2.95. The van der Waals surface area contributed by atoms with Crippen molar-refractivity contribution in [1.82, 2.24) is 9.21 Å². The minimum absolute atomic E-state index is 0.121. The Labute approximate surface area is 200 Å². The number of hydrogen-bond donors (Lipinski definition) is 0. The van der Waals surface area contributed by atoms with Gasteiger partial charge >= 0.3 is 0 Å². The summed E-state index contributed by atoms with van der Waals surface area (Å²) < 4.78 is 38.8. The highest BCUT2D eigenvalue weighted by Gasteiger charge is 2.30. The van der Waals surface area contributed by atoms with Crippen LogP contribution in [0.25, 0.3) is 11.0 Å². The van der Waals surface area contributed by atoms with E-state index >= 15 is 0 Å². The number of carbonyl (C=O) groups excluding carboxylic acids is 1. The zero-order valence-electron chi connectivity index (χ0n) is 19.4. The van der Waals surface area contributed by atoms with E-state index < -0.39 is 10.0 Å². The van der Waals surface area contributed by atoms with E-state index in [0.717, 1.165) is 19.3 Å². The van der Waals surface area contributed by atoms with Crippen molar-refractivity contribution >= 4 is 26.9 Å². The van der Waals surface area contributed by atoms with Crippen LogP contribution >= 0.6 is 0 Å². The summed E-state index contributed by atoms with van der Waals surface area (Å²) in [5.41, 5.74) is 2.55. The first-order valence-corrected chi connectivity index (χ1v) is 13.3. The second-order valence-electron chi connectivity index (χ2n) is 9.16. The molecule has 3 heterocycles. The van der Waals surface area contributed by atoms with Crippen molar-refractivity contribution in [3.8, 4) is 0 Å². The highest BCUT2D eigenvalue weighted by Crippen LogP contribution is 2.31. The van der Waals surface area contributed by atoms with Gasteiger partial charge in [0.05, 0.1) is 18.1 Å². The quantitative estimate of drug-likeness (QED) is 0.552.